The highest BCUT2D eigenvalue weighted by Gasteiger charge is 2.32. The van der Waals surface area contributed by atoms with E-state index in [1.807, 2.05) is 38.1 Å². The highest BCUT2D eigenvalue weighted by molar-refractivity contribution is 9.10. The molecule has 0 bridgehead atoms. The zero-order valence-electron chi connectivity index (χ0n) is 11.0. The van der Waals surface area contributed by atoms with Crippen LogP contribution in [-0.2, 0) is 4.79 Å². The van der Waals surface area contributed by atoms with Crippen molar-refractivity contribution in [3.63, 3.8) is 0 Å². The molecule has 19 heavy (non-hydrogen) atoms. The van der Waals surface area contributed by atoms with Gasteiger partial charge in [-0.2, -0.15) is 0 Å². The first-order chi connectivity index (χ1) is 8.87. The average Bonchev–Trinajstić information content (AvgIpc) is 2.29. The summed E-state index contributed by atoms with van der Waals surface area (Å²) in [5.41, 5.74) is 0.916. The highest BCUT2D eigenvalue weighted by atomic mass is 79.9. The van der Waals surface area contributed by atoms with Gasteiger partial charge in [-0.25, -0.2) is 0 Å². The molecule has 0 unspecified atom stereocenters. The van der Waals surface area contributed by atoms with Gasteiger partial charge in [0, 0.05) is 23.5 Å². The first-order valence-corrected chi connectivity index (χ1v) is 6.92. The van der Waals surface area contributed by atoms with Crippen LogP contribution in [0.1, 0.15) is 26.7 Å². The van der Waals surface area contributed by atoms with E-state index in [1.165, 1.54) is 6.21 Å². The van der Waals surface area contributed by atoms with E-state index in [0.29, 0.717) is 18.4 Å². The Balaban J connectivity index is 2.23. The van der Waals surface area contributed by atoms with Crippen molar-refractivity contribution in [1.82, 2.24) is 0 Å². The summed E-state index contributed by atoms with van der Waals surface area (Å²) >= 11 is 3.35. The molecular formula is C15H16BrNO2. The molecule has 0 saturated heterocycles. The van der Waals surface area contributed by atoms with Gasteiger partial charge < -0.3 is 5.11 Å². The molecule has 1 aliphatic rings. The van der Waals surface area contributed by atoms with Crippen molar-refractivity contribution in [1.29, 1.82) is 0 Å². The normalized spacial score (nSPS) is 19.2. The number of halogens is 1. The number of rotatable bonds is 2. The van der Waals surface area contributed by atoms with Gasteiger partial charge in [0.2, 0.25) is 0 Å². The number of carbonyl (C=O) groups excluding carboxylic acids is 1. The Bertz CT molecular complexity index is 556. The molecule has 3 nitrogen and oxygen atoms in total. The number of benzene rings is 1. The van der Waals surface area contributed by atoms with Gasteiger partial charge in [0.05, 0.1) is 11.3 Å². The largest absolute Gasteiger partial charge is 0.511 e. The number of hydrogen-bond acceptors (Lipinski definition) is 3. The Morgan fingerprint density at radius 2 is 1.89 bits per heavy atom. The first-order valence-electron chi connectivity index (χ1n) is 6.12. The number of aliphatic imine (C=N–C) groups is 1. The lowest BCUT2D eigenvalue weighted by Crippen LogP contribution is -2.26. The monoisotopic (exact) mass is 321 g/mol. The molecule has 1 aromatic rings. The van der Waals surface area contributed by atoms with Crippen LogP contribution in [0, 0.1) is 5.41 Å². The van der Waals surface area contributed by atoms with Crippen molar-refractivity contribution >= 4 is 33.6 Å². The summed E-state index contributed by atoms with van der Waals surface area (Å²) in [5, 5.41) is 9.96. The van der Waals surface area contributed by atoms with Gasteiger partial charge in [-0.3, -0.25) is 9.79 Å². The molecule has 1 N–H and O–H groups in total. The van der Waals surface area contributed by atoms with Crippen LogP contribution >= 0.6 is 15.9 Å². The topological polar surface area (TPSA) is 49.7 Å². The van der Waals surface area contributed by atoms with E-state index in [0.717, 1.165) is 10.2 Å². The molecule has 0 fully saturated rings. The fourth-order valence-electron chi connectivity index (χ4n) is 2.11. The molecule has 0 aliphatic heterocycles. The number of hydrogen-bond donors (Lipinski definition) is 1. The summed E-state index contributed by atoms with van der Waals surface area (Å²) in [6.07, 6.45) is 2.43. The third-order valence-electron chi connectivity index (χ3n) is 3.07. The maximum absolute atomic E-state index is 12.0. The molecule has 0 spiro atoms. The zero-order valence-corrected chi connectivity index (χ0v) is 12.6. The molecule has 0 aromatic heterocycles. The van der Waals surface area contributed by atoms with Gasteiger partial charge in [-0.1, -0.05) is 29.8 Å². The quantitative estimate of drug-likeness (QED) is 0.823. The minimum absolute atomic E-state index is 0.0467. The van der Waals surface area contributed by atoms with Crippen molar-refractivity contribution in [2.75, 3.05) is 0 Å². The molecule has 4 heteroatoms. The van der Waals surface area contributed by atoms with Gasteiger partial charge in [-0.15, -0.1) is 0 Å². The number of allylic oxidation sites excluding steroid dienone is 2. The van der Waals surface area contributed by atoms with Crippen molar-refractivity contribution in [3.05, 3.63) is 40.1 Å². The lowest BCUT2D eigenvalue weighted by Gasteiger charge is -2.28. The summed E-state index contributed by atoms with van der Waals surface area (Å²) in [4.78, 5) is 16.2. The first kappa shape index (κ1) is 14.0. The van der Waals surface area contributed by atoms with Gasteiger partial charge in [-0.05, 0) is 29.7 Å². The molecule has 1 aliphatic carbocycles. The van der Waals surface area contributed by atoms with Crippen molar-refractivity contribution in [2.24, 2.45) is 10.4 Å². The van der Waals surface area contributed by atoms with Crippen LogP contribution in [0.5, 0.6) is 0 Å². The van der Waals surface area contributed by atoms with Crippen molar-refractivity contribution in [2.45, 2.75) is 26.7 Å². The number of ketones is 1. The Morgan fingerprint density at radius 1 is 1.26 bits per heavy atom. The minimum Gasteiger partial charge on any atom is -0.511 e. The smallest absolute Gasteiger partial charge is 0.168 e. The summed E-state index contributed by atoms with van der Waals surface area (Å²) in [6, 6.07) is 7.45. The third kappa shape index (κ3) is 3.53. The highest BCUT2D eigenvalue weighted by Crippen LogP contribution is 2.35. The summed E-state index contributed by atoms with van der Waals surface area (Å²) in [6.45, 7) is 3.95. The van der Waals surface area contributed by atoms with Crippen molar-refractivity contribution < 1.29 is 9.90 Å². The Kier molecular flexibility index (Phi) is 3.90. The van der Waals surface area contributed by atoms with E-state index in [4.69, 9.17) is 0 Å². The zero-order chi connectivity index (χ0) is 14.0. The van der Waals surface area contributed by atoms with Crippen LogP contribution in [0.15, 0.2) is 45.1 Å². The van der Waals surface area contributed by atoms with Crippen LogP contribution in [-0.4, -0.2) is 17.1 Å². The van der Waals surface area contributed by atoms with E-state index >= 15 is 0 Å². The maximum Gasteiger partial charge on any atom is 0.168 e. The Labute approximate surface area is 121 Å². The summed E-state index contributed by atoms with van der Waals surface area (Å²) in [7, 11) is 0. The number of aliphatic hydroxyl groups excluding tert-OH is 1. The van der Waals surface area contributed by atoms with E-state index in [-0.39, 0.29) is 17.0 Å². The molecule has 0 heterocycles. The van der Waals surface area contributed by atoms with Crippen molar-refractivity contribution in [3.8, 4) is 0 Å². The molecular weight excluding hydrogens is 306 g/mol. The molecule has 0 atom stereocenters. The standard InChI is InChI=1S/C15H16BrNO2/c1-15(2)7-13(18)12(14(19)8-15)9-17-11-5-3-10(16)4-6-11/h3-6,9,18H,7-8H2,1-2H3. The van der Waals surface area contributed by atoms with E-state index in [1.54, 1.807) is 0 Å². The predicted octanol–water partition coefficient (Wildman–Crippen LogP) is 4.35. The second kappa shape index (κ2) is 5.29. The average molecular weight is 322 g/mol. The van der Waals surface area contributed by atoms with Crippen LogP contribution in [0.25, 0.3) is 0 Å². The maximum atomic E-state index is 12.0. The van der Waals surface area contributed by atoms with Crippen LogP contribution < -0.4 is 0 Å². The second-order valence-electron chi connectivity index (χ2n) is 5.54. The van der Waals surface area contributed by atoms with Crippen LogP contribution in [0.3, 0.4) is 0 Å². The molecule has 1 aromatic carbocycles. The number of carbonyl (C=O) groups is 1. The molecule has 0 amide bonds. The third-order valence-corrected chi connectivity index (χ3v) is 3.59. The number of nitrogens with zero attached hydrogens (tertiary/aromatic N) is 1. The fraction of sp³-hybridized carbons (Fsp3) is 0.333. The number of aliphatic hydroxyl groups is 1. The summed E-state index contributed by atoms with van der Waals surface area (Å²) in [5.74, 6) is 0.0942. The lowest BCUT2D eigenvalue weighted by atomic mass is 9.77. The molecule has 0 radical (unpaired) electrons. The molecule has 2 rings (SSSR count). The van der Waals surface area contributed by atoms with Gasteiger partial charge >= 0.3 is 0 Å². The minimum atomic E-state index is -0.171. The molecule has 0 saturated carbocycles. The SMILES string of the molecule is CC1(C)CC(=O)C(C=Nc2ccc(Br)cc2)=C(O)C1. The molecule has 100 valence electrons. The Hall–Kier alpha value is -1.42. The van der Waals surface area contributed by atoms with E-state index < -0.39 is 0 Å². The Morgan fingerprint density at radius 3 is 2.47 bits per heavy atom. The van der Waals surface area contributed by atoms with Gasteiger partial charge in [0.25, 0.3) is 0 Å². The summed E-state index contributed by atoms with van der Waals surface area (Å²) < 4.78 is 0.976. The van der Waals surface area contributed by atoms with Gasteiger partial charge in [0.1, 0.15) is 5.76 Å². The van der Waals surface area contributed by atoms with Crippen LogP contribution in [0.4, 0.5) is 5.69 Å². The van der Waals surface area contributed by atoms with E-state index in [9.17, 15) is 9.90 Å². The van der Waals surface area contributed by atoms with Gasteiger partial charge in [0.15, 0.2) is 5.78 Å². The second-order valence-corrected chi connectivity index (χ2v) is 6.45. The fourth-order valence-corrected chi connectivity index (χ4v) is 2.38. The predicted molar refractivity (Wildman–Crippen MR) is 80.0 cm³/mol. The van der Waals surface area contributed by atoms with E-state index in [2.05, 4.69) is 20.9 Å². The number of Topliss-reactive ketones (excluding diaryl/α,β-unsaturated/α-hetero) is 1. The van der Waals surface area contributed by atoms with Crippen LogP contribution in [0.2, 0.25) is 0 Å². The lowest BCUT2D eigenvalue weighted by molar-refractivity contribution is -0.117.